The van der Waals surface area contributed by atoms with E-state index < -0.39 is 11.9 Å². The van der Waals surface area contributed by atoms with E-state index in [1.54, 1.807) is 37.2 Å². The normalized spacial score (nSPS) is 12.1. The Hall–Kier alpha value is -3.06. The van der Waals surface area contributed by atoms with Crippen LogP contribution >= 0.6 is 0 Å². The number of likely N-dealkylation sites (N-methyl/N-ethyl adjacent to an activating group) is 1. The lowest BCUT2D eigenvalue weighted by molar-refractivity contribution is -0.125. The van der Waals surface area contributed by atoms with Crippen molar-refractivity contribution in [2.75, 3.05) is 20.6 Å². The third-order valence-electron chi connectivity index (χ3n) is 4.10. The molecule has 0 aliphatic heterocycles. The third kappa shape index (κ3) is 4.57. The number of benzene rings is 2. The van der Waals surface area contributed by atoms with Crippen LogP contribution in [0, 0.1) is 5.82 Å². The summed E-state index contributed by atoms with van der Waals surface area (Å²) in [4.78, 5) is 18.6. The van der Waals surface area contributed by atoms with Gasteiger partial charge >= 0.3 is 0 Å². The Bertz CT molecular complexity index is 896. The molecular weight excluding hydrogens is 347 g/mol. The lowest BCUT2D eigenvalue weighted by Crippen LogP contribution is -2.38. The standard InChI is InChI=1S/C20H21FN4O2/c1-25(2)18(15-10-6-7-11-16(15)21)20(26)22-13-12-17-23-19(24-27-17)14-8-4-3-5-9-14/h3-11,18H,12-13H2,1-2H3,(H,22,26). The third-order valence-corrected chi connectivity index (χ3v) is 4.10. The maximum atomic E-state index is 14.1. The van der Waals surface area contributed by atoms with Gasteiger partial charge in [-0.15, -0.1) is 0 Å². The summed E-state index contributed by atoms with van der Waals surface area (Å²) in [5.41, 5.74) is 1.20. The van der Waals surface area contributed by atoms with E-state index in [4.69, 9.17) is 4.52 Å². The molecule has 1 aromatic heterocycles. The van der Waals surface area contributed by atoms with Crippen molar-refractivity contribution < 1.29 is 13.7 Å². The largest absolute Gasteiger partial charge is 0.354 e. The van der Waals surface area contributed by atoms with Crippen molar-refractivity contribution in [2.45, 2.75) is 12.5 Å². The number of hydrogen-bond donors (Lipinski definition) is 1. The first-order valence-corrected chi connectivity index (χ1v) is 8.63. The Morgan fingerprint density at radius 3 is 2.56 bits per heavy atom. The molecule has 1 heterocycles. The highest BCUT2D eigenvalue weighted by Crippen LogP contribution is 2.21. The van der Waals surface area contributed by atoms with E-state index in [0.717, 1.165) is 5.56 Å². The molecule has 0 radical (unpaired) electrons. The maximum Gasteiger partial charge on any atom is 0.242 e. The molecule has 1 N–H and O–H groups in total. The molecule has 0 saturated carbocycles. The number of nitrogens with zero attached hydrogens (tertiary/aromatic N) is 3. The van der Waals surface area contributed by atoms with Crippen LogP contribution in [-0.2, 0) is 11.2 Å². The number of hydrogen-bond acceptors (Lipinski definition) is 5. The fourth-order valence-electron chi connectivity index (χ4n) is 2.80. The van der Waals surface area contributed by atoms with E-state index in [0.29, 0.717) is 30.2 Å². The second-order valence-corrected chi connectivity index (χ2v) is 6.31. The summed E-state index contributed by atoms with van der Waals surface area (Å²) in [6, 6.07) is 15.1. The molecule has 0 spiro atoms. The van der Waals surface area contributed by atoms with Crippen LogP contribution in [0.2, 0.25) is 0 Å². The Labute approximate surface area is 157 Å². The van der Waals surface area contributed by atoms with Crippen LogP contribution in [0.1, 0.15) is 17.5 Å². The summed E-state index contributed by atoms with van der Waals surface area (Å²) >= 11 is 0. The quantitative estimate of drug-likeness (QED) is 0.694. The van der Waals surface area contributed by atoms with Gasteiger partial charge in [0.1, 0.15) is 11.9 Å². The minimum atomic E-state index is -0.714. The van der Waals surface area contributed by atoms with Gasteiger partial charge in [-0.3, -0.25) is 9.69 Å². The molecule has 0 fully saturated rings. The Morgan fingerprint density at radius 2 is 1.85 bits per heavy atom. The molecule has 3 rings (SSSR count). The molecular formula is C20H21FN4O2. The van der Waals surface area contributed by atoms with Crippen molar-refractivity contribution in [3.63, 3.8) is 0 Å². The summed E-state index contributed by atoms with van der Waals surface area (Å²) in [5.74, 6) is 0.250. The van der Waals surface area contributed by atoms with Gasteiger partial charge < -0.3 is 9.84 Å². The SMILES string of the molecule is CN(C)C(C(=O)NCCc1nc(-c2ccccc2)no1)c1ccccc1F. The van der Waals surface area contributed by atoms with E-state index in [1.165, 1.54) is 6.07 Å². The fourth-order valence-corrected chi connectivity index (χ4v) is 2.80. The summed E-state index contributed by atoms with van der Waals surface area (Å²) in [6.07, 6.45) is 0.392. The van der Waals surface area contributed by atoms with Crippen LogP contribution in [0.15, 0.2) is 59.1 Å². The summed E-state index contributed by atoms with van der Waals surface area (Å²) in [7, 11) is 3.47. The monoisotopic (exact) mass is 368 g/mol. The highest BCUT2D eigenvalue weighted by atomic mass is 19.1. The molecule has 0 saturated heterocycles. The molecule has 6 nitrogen and oxygen atoms in total. The van der Waals surface area contributed by atoms with E-state index in [-0.39, 0.29) is 5.91 Å². The molecule has 140 valence electrons. The predicted molar refractivity (Wildman–Crippen MR) is 99.3 cm³/mol. The van der Waals surface area contributed by atoms with Crippen molar-refractivity contribution >= 4 is 5.91 Å². The molecule has 7 heteroatoms. The summed E-state index contributed by atoms with van der Waals surface area (Å²) in [5, 5.41) is 6.76. The molecule has 1 atom stereocenters. The maximum absolute atomic E-state index is 14.1. The van der Waals surface area contributed by atoms with Gasteiger partial charge in [0.05, 0.1) is 0 Å². The molecule has 0 aliphatic rings. The smallest absolute Gasteiger partial charge is 0.242 e. The van der Waals surface area contributed by atoms with Gasteiger partial charge in [0, 0.05) is 24.1 Å². The van der Waals surface area contributed by atoms with Crippen molar-refractivity contribution in [3.05, 3.63) is 71.9 Å². The lowest BCUT2D eigenvalue weighted by atomic mass is 10.0. The van der Waals surface area contributed by atoms with Gasteiger partial charge in [-0.2, -0.15) is 4.98 Å². The Balaban J connectivity index is 1.60. The Kier molecular flexibility index (Phi) is 5.93. The van der Waals surface area contributed by atoms with Crippen LogP contribution in [-0.4, -0.2) is 41.6 Å². The number of carbonyl (C=O) groups excluding carboxylic acids is 1. The van der Waals surface area contributed by atoms with Crippen molar-refractivity contribution in [1.29, 1.82) is 0 Å². The zero-order valence-corrected chi connectivity index (χ0v) is 15.2. The molecule has 0 aliphatic carbocycles. The van der Waals surface area contributed by atoms with Crippen LogP contribution in [0.4, 0.5) is 4.39 Å². The molecule has 1 unspecified atom stereocenters. The van der Waals surface area contributed by atoms with E-state index in [2.05, 4.69) is 15.5 Å². The number of rotatable bonds is 7. The molecule has 1 amide bonds. The summed E-state index contributed by atoms with van der Waals surface area (Å²) < 4.78 is 19.3. The zero-order chi connectivity index (χ0) is 19.2. The van der Waals surface area contributed by atoms with Gasteiger partial charge in [-0.1, -0.05) is 53.7 Å². The van der Waals surface area contributed by atoms with Gasteiger partial charge in [0.25, 0.3) is 0 Å². The van der Waals surface area contributed by atoms with E-state index in [9.17, 15) is 9.18 Å². The second-order valence-electron chi connectivity index (χ2n) is 6.31. The number of carbonyl (C=O) groups is 1. The first-order chi connectivity index (χ1) is 13.1. The van der Waals surface area contributed by atoms with Crippen LogP contribution < -0.4 is 5.32 Å². The minimum Gasteiger partial charge on any atom is -0.354 e. The zero-order valence-electron chi connectivity index (χ0n) is 15.2. The first kappa shape index (κ1) is 18.7. The van der Waals surface area contributed by atoms with Crippen LogP contribution in [0.25, 0.3) is 11.4 Å². The van der Waals surface area contributed by atoms with Gasteiger partial charge in [0.15, 0.2) is 0 Å². The van der Waals surface area contributed by atoms with Gasteiger partial charge in [-0.25, -0.2) is 4.39 Å². The van der Waals surface area contributed by atoms with Gasteiger partial charge in [-0.05, 0) is 20.2 Å². The topological polar surface area (TPSA) is 71.3 Å². The average molecular weight is 368 g/mol. The predicted octanol–water partition coefficient (Wildman–Crippen LogP) is 2.84. The highest BCUT2D eigenvalue weighted by Gasteiger charge is 2.25. The van der Waals surface area contributed by atoms with Crippen molar-refractivity contribution in [1.82, 2.24) is 20.4 Å². The van der Waals surface area contributed by atoms with Crippen LogP contribution in [0.3, 0.4) is 0 Å². The van der Waals surface area contributed by atoms with Gasteiger partial charge in [0.2, 0.25) is 17.6 Å². The van der Waals surface area contributed by atoms with Crippen molar-refractivity contribution in [3.8, 4) is 11.4 Å². The number of aromatic nitrogens is 2. The van der Waals surface area contributed by atoms with E-state index in [1.807, 2.05) is 30.3 Å². The van der Waals surface area contributed by atoms with Crippen LogP contribution in [0.5, 0.6) is 0 Å². The fraction of sp³-hybridized carbons (Fsp3) is 0.250. The van der Waals surface area contributed by atoms with Crippen molar-refractivity contribution in [2.24, 2.45) is 0 Å². The Morgan fingerprint density at radius 1 is 1.15 bits per heavy atom. The molecule has 0 bridgehead atoms. The highest BCUT2D eigenvalue weighted by molar-refractivity contribution is 5.83. The van der Waals surface area contributed by atoms with E-state index >= 15 is 0 Å². The second kappa shape index (κ2) is 8.55. The average Bonchev–Trinajstić information content (AvgIpc) is 3.13. The molecule has 3 aromatic rings. The minimum absolute atomic E-state index is 0.284. The molecule has 27 heavy (non-hydrogen) atoms. The molecule has 2 aromatic carbocycles. The number of nitrogens with one attached hydrogen (secondary N) is 1. The summed E-state index contributed by atoms with van der Waals surface area (Å²) in [6.45, 7) is 0.314. The first-order valence-electron chi connectivity index (χ1n) is 8.63. The number of halogens is 1. The number of amides is 1. The lowest BCUT2D eigenvalue weighted by Gasteiger charge is -2.24.